The Labute approximate surface area is 116 Å². The molecule has 0 unspecified atom stereocenters. The molecule has 100 valence electrons. The molecule has 0 N–H and O–H groups in total. The van der Waals surface area contributed by atoms with Crippen molar-refractivity contribution in [3.8, 4) is 11.4 Å². The third kappa shape index (κ3) is 2.07. The van der Waals surface area contributed by atoms with Gasteiger partial charge in [-0.3, -0.25) is 9.78 Å². The first-order valence-corrected chi connectivity index (χ1v) is 6.45. The Morgan fingerprint density at radius 3 is 2.60 bits per heavy atom. The third-order valence-corrected chi connectivity index (χ3v) is 3.16. The summed E-state index contributed by atoms with van der Waals surface area (Å²) in [4.78, 5) is 24.7. The molecule has 0 aliphatic carbocycles. The summed E-state index contributed by atoms with van der Waals surface area (Å²) >= 11 is 0. The van der Waals surface area contributed by atoms with Gasteiger partial charge in [0.15, 0.2) is 11.3 Å². The van der Waals surface area contributed by atoms with Crippen molar-refractivity contribution in [2.45, 2.75) is 19.9 Å². The van der Waals surface area contributed by atoms with Gasteiger partial charge in [0.2, 0.25) is 0 Å². The Balaban J connectivity index is 2.30. The number of hydrogen-bond donors (Lipinski definition) is 0. The van der Waals surface area contributed by atoms with Crippen LogP contribution in [0.3, 0.4) is 0 Å². The molecule has 5 nitrogen and oxygen atoms in total. The van der Waals surface area contributed by atoms with Crippen LogP contribution in [0.4, 0.5) is 0 Å². The summed E-state index contributed by atoms with van der Waals surface area (Å²) in [6, 6.07) is 5.47. The van der Waals surface area contributed by atoms with Crippen LogP contribution in [-0.2, 0) is 0 Å². The summed E-state index contributed by atoms with van der Waals surface area (Å²) in [5, 5.41) is 0.541. The highest BCUT2D eigenvalue weighted by atomic mass is 16.1. The molecule has 3 rings (SSSR count). The zero-order valence-corrected chi connectivity index (χ0v) is 11.3. The molecule has 0 radical (unpaired) electrons. The average molecular weight is 266 g/mol. The lowest BCUT2D eigenvalue weighted by Gasteiger charge is -2.13. The molecule has 0 aromatic carbocycles. The minimum Gasteiger partial charge on any atom is -0.330 e. The molecule has 3 aromatic rings. The number of fused-ring (bicyclic) bond motifs is 1. The SMILES string of the molecule is CC(C)n1ccc(=O)c2cnc(-c3ccncc3)nc21. The summed E-state index contributed by atoms with van der Waals surface area (Å²) < 4.78 is 1.98. The van der Waals surface area contributed by atoms with Crippen LogP contribution in [0, 0.1) is 0 Å². The van der Waals surface area contributed by atoms with E-state index in [1.165, 1.54) is 0 Å². The number of pyridine rings is 2. The maximum Gasteiger partial charge on any atom is 0.192 e. The largest absolute Gasteiger partial charge is 0.330 e. The van der Waals surface area contributed by atoms with E-state index < -0.39 is 0 Å². The van der Waals surface area contributed by atoms with Crippen molar-refractivity contribution in [2.75, 3.05) is 0 Å². The smallest absolute Gasteiger partial charge is 0.192 e. The van der Waals surface area contributed by atoms with Gasteiger partial charge in [-0.15, -0.1) is 0 Å². The first-order valence-electron chi connectivity index (χ1n) is 6.45. The van der Waals surface area contributed by atoms with E-state index in [9.17, 15) is 4.79 Å². The first-order chi connectivity index (χ1) is 9.66. The van der Waals surface area contributed by atoms with Gasteiger partial charge in [0, 0.05) is 42.5 Å². The number of hydrogen-bond acceptors (Lipinski definition) is 4. The Bertz CT molecular complexity index is 809. The second-order valence-corrected chi connectivity index (χ2v) is 4.85. The number of aromatic nitrogens is 4. The van der Waals surface area contributed by atoms with Gasteiger partial charge in [-0.2, -0.15) is 0 Å². The molecule has 0 fully saturated rings. The molecule has 3 aromatic heterocycles. The minimum atomic E-state index is -0.0572. The van der Waals surface area contributed by atoms with Gasteiger partial charge in [-0.05, 0) is 26.0 Å². The summed E-state index contributed by atoms with van der Waals surface area (Å²) in [5.41, 5.74) is 1.49. The lowest BCUT2D eigenvalue weighted by Crippen LogP contribution is -2.12. The second-order valence-electron chi connectivity index (χ2n) is 4.85. The summed E-state index contributed by atoms with van der Waals surface area (Å²) in [6.07, 6.45) is 6.77. The highest BCUT2D eigenvalue weighted by Gasteiger charge is 2.09. The lowest BCUT2D eigenvalue weighted by atomic mass is 10.2. The fourth-order valence-electron chi connectivity index (χ4n) is 2.11. The van der Waals surface area contributed by atoms with Crippen molar-refractivity contribution in [2.24, 2.45) is 0 Å². The first kappa shape index (κ1) is 12.5. The number of nitrogens with zero attached hydrogens (tertiary/aromatic N) is 4. The molecule has 0 spiro atoms. The van der Waals surface area contributed by atoms with Crippen molar-refractivity contribution in [3.63, 3.8) is 0 Å². The lowest BCUT2D eigenvalue weighted by molar-refractivity contribution is 0.612. The van der Waals surface area contributed by atoms with Crippen LogP contribution in [0.2, 0.25) is 0 Å². The van der Waals surface area contributed by atoms with Crippen LogP contribution in [0.5, 0.6) is 0 Å². The highest BCUT2D eigenvalue weighted by molar-refractivity contribution is 5.76. The van der Waals surface area contributed by atoms with Gasteiger partial charge < -0.3 is 4.57 Å². The van der Waals surface area contributed by atoms with Crippen LogP contribution in [-0.4, -0.2) is 19.5 Å². The molecule has 0 saturated carbocycles. The van der Waals surface area contributed by atoms with E-state index in [4.69, 9.17) is 0 Å². The standard InChI is InChI=1S/C15H14N4O/c1-10(2)19-8-5-13(20)12-9-17-14(18-15(12)19)11-3-6-16-7-4-11/h3-10H,1-2H3. The van der Waals surface area contributed by atoms with Crippen LogP contribution >= 0.6 is 0 Å². The zero-order valence-electron chi connectivity index (χ0n) is 11.3. The maximum atomic E-state index is 11.9. The molecule has 0 amide bonds. The Morgan fingerprint density at radius 1 is 1.15 bits per heavy atom. The fraction of sp³-hybridized carbons (Fsp3) is 0.200. The summed E-state index contributed by atoms with van der Waals surface area (Å²) in [5.74, 6) is 0.597. The van der Waals surface area contributed by atoms with Gasteiger partial charge in [0.05, 0.1) is 5.39 Å². The Hall–Kier alpha value is -2.56. The van der Waals surface area contributed by atoms with E-state index in [0.29, 0.717) is 16.9 Å². The third-order valence-electron chi connectivity index (χ3n) is 3.16. The zero-order chi connectivity index (χ0) is 14.1. The summed E-state index contributed by atoms with van der Waals surface area (Å²) in [7, 11) is 0. The molecule has 3 heterocycles. The van der Waals surface area contributed by atoms with Gasteiger partial charge in [-0.25, -0.2) is 9.97 Å². The molecule has 0 atom stereocenters. The van der Waals surface area contributed by atoms with Crippen LogP contribution in [0.15, 0.2) is 47.8 Å². The fourth-order valence-corrected chi connectivity index (χ4v) is 2.11. The van der Waals surface area contributed by atoms with E-state index in [-0.39, 0.29) is 11.5 Å². The molecule has 20 heavy (non-hydrogen) atoms. The monoisotopic (exact) mass is 266 g/mol. The predicted octanol–water partition coefficient (Wildman–Crippen LogP) is 2.43. The van der Waals surface area contributed by atoms with Gasteiger partial charge in [-0.1, -0.05) is 0 Å². The second kappa shape index (κ2) is 4.85. The van der Waals surface area contributed by atoms with E-state index >= 15 is 0 Å². The van der Waals surface area contributed by atoms with Crippen molar-refractivity contribution in [3.05, 3.63) is 53.2 Å². The van der Waals surface area contributed by atoms with Crippen molar-refractivity contribution in [1.29, 1.82) is 0 Å². The van der Waals surface area contributed by atoms with E-state index in [1.807, 2.05) is 16.7 Å². The Morgan fingerprint density at radius 2 is 1.90 bits per heavy atom. The summed E-state index contributed by atoms with van der Waals surface area (Å²) in [6.45, 7) is 4.11. The maximum absolute atomic E-state index is 11.9. The molecule has 0 bridgehead atoms. The molecule has 0 aliphatic rings. The molecular formula is C15H14N4O. The quantitative estimate of drug-likeness (QED) is 0.714. The van der Waals surface area contributed by atoms with Gasteiger partial charge >= 0.3 is 0 Å². The number of rotatable bonds is 2. The van der Waals surface area contributed by atoms with E-state index in [0.717, 1.165) is 5.56 Å². The predicted molar refractivity (Wildman–Crippen MR) is 77.4 cm³/mol. The molecule has 0 aliphatic heterocycles. The van der Waals surface area contributed by atoms with E-state index in [2.05, 4.69) is 28.8 Å². The van der Waals surface area contributed by atoms with Gasteiger partial charge in [0.1, 0.15) is 5.65 Å². The Kier molecular flexibility index (Phi) is 3.02. The average Bonchev–Trinajstić information content (AvgIpc) is 2.48. The highest BCUT2D eigenvalue weighted by Crippen LogP contribution is 2.18. The topological polar surface area (TPSA) is 60.7 Å². The molecular weight excluding hydrogens is 252 g/mol. The van der Waals surface area contributed by atoms with Crippen LogP contribution in [0.1, 0.15) is 19.9 Å². The normalized spacial score (nSPS) is 11.2. The van der Waals surface area contributed by atoms with E-state index in [1.54, 1.807) is 30.9 Å². The van der Waals surface area contributed by atoms with Crippen LogP contribution < -0.4 is 5.43 Å². The van der Waals surface area contributed by atoms with Crippen molar-refractivity contribution in [1.82, 2.24) is 19.5 Å². The minimum absolute atomic E-state index is 0.0572. The molecule has 5 heteroatoms. The van der Waals surface area contributed by atoms with Crippen molar-refractivity contribution < 1.29 is 0 Å². The van der Waals surface area contributed by atoms with Gasteiger partial charge in [0.25, 0.3) is 0 Å². The molecule has 0 saturated heterocycles. The van der Waals surface area contributed by atoms with Crippen LogP contribution in [0.25, 0.3) is 22.4 Å². The van der Waals surface area contributed by atoms with Crippen molar-refractivity contribution >= 4 is 11.0 Å².